The number of benzene rings is 2. The highest BCUT2D eigenvalue weighted by Crippen LogP contribution is 2.36. The zero-order valence-electron chi connectivity index (χ0n) is 18.9. The molecule has 2 fully saturated rings. The first kappa shape index (κ1) is 22.6. The second-order valence-corrected chi connectivity index (χ2v) is 8.39. The number of methoxy groups -OCH3 is 1. The van der Waals surface area contributed by atoms with Crippen molar-refractivity contribution in [1.82, 2.24) is 9.80 Å². The summed E-state index contributed by atoms with van der Waals surface area (Å²) in [5, 5.41) is 11.9. The fourth-order valence-electron chi connectivity index (χ4n) is 4.70. The van der Waals surface area contributed by atoms with E-state index in [1.165, 1.54) is 13.0 Å². The molecule has 0 bridgehead atoms. The molecule has 2 heterocycles. The maximum Gasteiger partial charge on any atom is 0.293 e. The molecule has 174 valence electrons. The van der Waals surface area contributed by atoms with Gasteiger partial charge in [0.15, 0.2) is 0 Å². The minimum absolute atomic E-state index is 0.00120. The van der Waals surface area contributed by atoms with Gasteiger partial charge in [-0.3, -0.25) is 19.7 Å². The molecule has 2 saturated heterocycles. The number of nitrogens with zero attached hydrogens (tertiary/aromatic N) is 4. The Labute approximate surface area is 192 Å². The largest absolute Gasteiger partial charge is 0.497 e. The molecule has 0 saturated carbocycles. The lowest BCUT2D eigenvalue weighted by Gasteiger charge is -2.35. The summed E-state index contributed by atoms with van der Waals surface area (Å²) in [6, 6.07) is 12.3. The molecule has 1 atom stereocenters. The van der Waals surface area contributed by atoms with Crippen LogP contribution in [0.2, 0.25) is 0 Å². The predicted octanol–water partition coefficient (Wildman–Crippen LogP) is 3.25. The molecule has 2 amide bonds. The predicted molar refractivity (Wildman–Crippen MR) is 124 cm³/mol. The van der Waals surface area contributed by atoms with Crippen molar-refractivity contribution in [2.24, 2.45) is 0 Å². The van der Waals surface area contributed by atoms with Crippen molar-refractivity contribution < 1.29 is 19.2 Å². The minimum Gasteiger partial charge on any atom is -0.497 e. The van der Waals surface area contributed by atoms with Gasteiger partial charge in [0.1, 0.15) is 11.4 Å². The van der Waals surface area contributed by atoms with Crippen molar-refractivity contribution in [2.45, 2.75) is 25.8 Å². The number of anilines is 1. The van der Waals surface area contributed by atoms with Crippen LogP contribution in [-0.2, 0) is 4.79 Å². The number of ether oxygens (including phenoxy) is 1. The Morgan fingerprint density at radius 1 is 1.06 bits per heavy atom. The van der Waals surface area contributed by atoms with Gasteiger partial charge in [0.25, 0.3) is 11.6 Å². The Kier molecular flexibility index (Phi) is 6.48. The number of rotatable bonds is 5. The van der Waals surface area contributed by atoms with E-state index in [0.29, 0.717) is 44.0 Å². The second kappa shape index (κ2) is 9.48. The normalized spacial score (nSPS) is 18.4. The first-order valence-corrected chi connectivity index (χ1v) is 11.1. The number of hydrogen-bond donors (Lipinski definition) is 0. The van der Waals surface area contributed by atoms with Crippen LogP contribution in [0, 0.1) is 10.1 Å². The number of likely N-dealkylation sites (tertiary alicyclic amines) is 1. The number of amides is 2. The fourth-order valence-corrected chi connectivity index (χ4v) is 4.70. The minimum atomic E-state index is -0.438. The zero-order valence-corrected chi connectivity index (χ0v) is 18.9. The van der Waals surface area contributed by atoms with Crippen molar-refractivity contribution in [3.8, 4) is 5.75 Å². The maximum absolute atomic E-state index is 13.4. The highest BCUT2D eigenvalue weighted by atomic mass is 16.6. The van der Waals surface area contributed by atoms with Crippen LogP contribution in [-0.4, -0.2) is 66.4 Å². The van der Waals surface area contributed by atoms with Crippen LogP contribution in [0.15, 0.2) is 42.5 Å². The van der Waals surface area contributed by atoms with Gasteiger partial charge in [-0.05, 0) is 42.7 Å². The molecule has 9 nitrogen and oxygen atoms in total. The fraction of sp³-hybridized carbons (Fsp3) is 0.417. The van der Waals surface area contributed by atoms with Crippen molar-refractivity contribution in [1.29, 1.82) is 0 Å². The van der Waals surface area contributed by atoms with Crippen molar-refractivity contribution in [3.63, 3.8) is 0 Å². The van der Waals surface area contributed by atoms with E-state index in [9.17, 15) is 19.7 Å². The third kappa shape index (κ3) is 4.62. The zero-order chi connectivity index (χ0) is 23.5. The number of carbonyl (C=O) groups is 2. The maximum atomic E-state index is 13.4. The van der Waals surface area contributed by atoms with Crippen LogP contribution in [0.1, 0.15) is 41.7 Å². The Bertz CT molecular complexity index is 1060. The van der Waals surface area contributed by atoms with Crippen molar-refractivity contribution in [2.75, 3.05) is 44.7 Å². The molecule has 2 aliphatic rings. The SMILES string of the molecule is COc1cccc(C2CCCN2C(=O)c2ccc(N3CCN(C(C)=O)CC3)c([N+](=O)[O-])c2)c1. The molecular formula is C24H28N4O5. The van der Waals surface area contributed by atoms with Crippen molar-refractivity contribution in [3.05, 3.63) is 63.7 Å². The summed E-state index contributed by atoms with van der Waals surface area (Å²) in [6.07, 6.45) is 1.70. The quantitative estimate of drug-likeness (QED) is 0.510. The third-order valence-electron chi connectivity index (χ3n) is 6.48. The van der Waals surface area contributed by atoms with E-state index in [0.717, 1.165) is 24.2 Å². The molecule has 4 rings (SSSR count). The summed E-state index contributed by atoms with van der Waals surface area (Å²) in [7, 11) is 1.61. The average Bonchev–Trinajstić information content (AvgIpc) is 3.33. The summed E-state index contributed by atoms with van der Waals surface area (Å²) in [5.41, 5.74) is 1.69. The average molecular weight is 453 g/mol. The van der Waals surface area contributed by atoms with E-state index in [2.05, 4.69) is 0 Å². The number of hydrogen-bond acceptors (Lipinski definition) is 6. The summed E-state index contributed by atoms with van der Waals surface area (Å²) in [4.78, 5) is 41.8. The third-order valence-corrected chi connectivity index (χ3v) is 6.48. The molecule has 2 aromatic rings. The van der Waals surface area contributed by atoms with Crippen LogP contribution in [0.25, 0.3) is 0 Å². The summed E-state index contributed by atoms with van der Waals surface area (Å²) >= 11 is 0. The summed E-state index contributed by atoms with van der Waals surface area (Å²) in [6.45, 7) is 4.18. The molecule has 1 unspecified atom stereocenters. The Balaban J connectivity index is 1.57. The van der Waals surface area contributed by atoms with Gasteiger partial charge in [-0.2, -0.15) is 0 Å². The molecule has 0 N–H and O–H groups in total. The first-order chi connectivity index (χ1) is 15.9. The van der Waals surface area contributed by atoms with Gasteiger partial charge in [0.05, 0.1) is 18.1 Å². The Morgan fingerprint density at radius 2 is 1.82 bits per heavy atom. The van der Waals surface area contributed by atoms with Gasteiger partial charge >= 0.3 is 0 Å². The second-order valence-electron chi connectivity index (χ2n) is 8.39. The lowest BCUT2D eigenvalue weighted by molar-refractivity contribution is -0.384. The van der Waals surface area contributed by atoms with Gasteiger partial charge in [-0.25, -0.2) is 0 Å². The number of nitro benzene ring substituents is 1. The van der Waals surface area contributed by atoms with Gasteiger partial charge < -0.3 is 19.4 Å². The van der Waals surface area contributed by atoms with Gasteiger partial charge in [0.2, 0.25) is 5.91 Å². The number of nitro groups is 1. The first-order valence-electron chi connectivity index (χ1n) is 11.1. The van der Waals surface area contributed by atoms with Gasteiger partial charge in [0, 0.05) is 51.3 Å². The molecule has 0 radical (unpaired) electrons. The highest BCUT2D eigenvalue weighted by molar-refractivity contribution is 5.96. The Morgan fingerprint density at radius 3 is 2.48 bits per heavy atom. The lowest BCUT2D eigenvalue weighted by Crippen LogP contribution is -2.48. The standard InChI is InChI=1S/C24H28N4O5/c1-17(29)25-11-13-26(14-12-25)22-9-8-19(16-23(22)28(31)32)24(30)27-10-4-7-21(27)18-5-3-6-20(15-18)33-2/h3,5-6,8-9,15-16,21H,4,7,10-14H2,1-2H3. The molecule has 0 aromatic heterocycles. The molecule has 2 aliphatic heterocycles. The molecule has 2 aromatic carbocycles. The number of piperazine rings is 1. The van der Waals surface area contributed by atoms with E-state index >= 15 is 0 Å². The van der Waals surface area contributed by atoms with E-state index in [1.54, 1.807) is 29.0 Å². The highest BCUT2D eigenvalue weighted by Gasteiger charge is 2.32. The molecule has 0 aliphatic carbocycles. The molecule has 9 heteroatoms. The molecule has 0 spiro atoms. The lowest BCUT2D eigenvalue weighted by atomic mass is 10.0. The summed E-state index contributed by atoms with van der Waals surface area (Å²) in [5.74, 6) is 0.523. The smallest absolute Gasteiger partial charge is 0.293 e. The van der Waals surface area contributed by atoms with E-state index in [1.807, 2.05) is 29.2 Å². The molecular weight excluding hydrogens is 424 g/mol. The van der Waals surface area contributed by atoms with E-state index in [4.69, 9.17) is 4.74 Å². The number of carbonyl (C=O) groups excluding carboxylic acids is 2. The van der Waals surface area contributed by atoms with Gasteiger partial charge in [-0.15, -0.1) is 0 Å². The van der Waals surface area contributed by atoms with Crippen LogP contribution in [0.4, 0.5) is 11.4 Å². The Hall–Kier alpha value is -3.62. The van der Waals surface area contributed by atoms with Crippen LogP contribution >= 0.6 is 0 Å². The molecule has 33 heavy (non-hydrogen) atoms. The topological polar surface area (TPSA) is 96.2 Å². The van der Waals surface area contributed by atoms with Crippen LogP contribution in [0.5, 0.6) is 5.75 Å². The summed E-state index contributed by atoms with van der Waals surface area (Å²) < 4.78 is 5.32. The van der Waals surface area contributed by atoms with Crippen LogP contribution < -0.4 is 9.64 Å². The van der Waals surface area contributed by atoms with Crippen LogP contribution in [0.3, 0.4) is 0 Å². The monoisotopic (exact) mass is 452 g/mol. The van der Waals surface area contributed by atoms with E-state index < -0.39 is 4.92 Å². The van der Waals surface area contributed by atoms with E-state index in [-0.39, 0.29) is 23.5 Å². The van der Waals surface area contributed by atoms with Gasteiger partial charge in [-0.1, -0.05) is 12.1 Å². The van der Waals surface area contributed by atoms with Crippen molar-refractivity contribution >= 4 is 23.2 Å².